The van der Waals surface area contributed by atoms with Crippen LogP contribution in [-0.2, 0) is 6.42 Å². The highest BCUT2D eigenvalue weighted by atomic mass is 32.1. The Morgan fingerprint density at radius 3 is 2.73 bits per heavy atom. The van der Waals surface area contributed by atoms with Crippen molar-refractivity contribution >= 4 is 11.3 Å². The predicted octanol–water partition coefficient (Wildman–Crippen LogP) is 3.44. The highest BCUT2D eigenvalue weighted by molar-refractivity contribution is 7.07. The lowest BCUT2D eigenvalue weighted by Crippen LogP contribution is -2.34. The summed E-state index contributed by atoms with van der Waals surface area (Å²) < 4.78 is 0. The average Bonchev–Trinajstić information content (AvgIpc) is 2.71. The third-order valence-corrected chi connectivity index (χ3v) is 4.45. The lowest BCUT2D eigenvalue weighted by Gasteiger charge is -2.30. The first-order chi connectivity index (χ1) is 7.25. The molecular formula is C13H21NS. The number of hydrogen-bond acceptors (Lipinski definition) is 2. The summed E-state index contributed by atoms with van der Waals surface area (Å²) in [5.74, 6) is 1.69. The molecule has 1 aromatic rings. The molecule has 1 aliphatic carbocycles. The van der Waals surface area contributed by atoms with Crippen LogP contribution in [0.15, 0.2) is 16.8 Å². The van der Waals surface area contributed by atoms with Gasteiger partial charge in [-0.1, -0.05) is 19.8 Å². The Kier molecular flexibility index (Phi) is 3.81. The van der Waals surface area contributed by atoms with Crippen molar-refractivity contribution in [1.82, 2.24) is 0 Å². The van der Waals surface area contributed by atoms with Crippen molar-refractivity contribution in [3.63, 3.8) is 0 Å². The fourth-order valence-corrected chi connectivity index (χ4v) is 3.24. The number of hydrogen-bond donors (Lipinski definition) is 1. The standard InChI is InChI=1S/C13H21NS/c1-10-2-4-12(5-3-10)13(14)8-11-6-7-15-9-11/h6-7,9-10,12-13H,2-5,8,14H2,1H3. The number of rotatable bonds is 3. The number of thiophene rings is 1. The summed E-state index contributed by atoms with van der Waals surface area (Å²) in [5.41, 5.74) is 7.71. The van der Waals surface area contributed by atoms with E-state index in [-0.39, 0.29) is 0 Å². The molecule has 0 bridgehead atoms. The summed E-state index contributed by atoms with van der Waals surface area (Å²) in [6, 6.07) is 2.59. The minimum absolute atomic E-state index is 0.382. The van der Waals surface area contributed by atoms with Gasteiger partial charge in [0.1, 0.15) is 0 Å². The Bertz CT molecular complexity index is 273. The zero-order valence-corrected chi connectivity index (χ0v) is 10.3. The van der Waals surface area contributed by atoms with Gasteiger partial charge in [0.05, 0.1) is 0 Å². The molecule has 0 radical (unpaired) electrons. The summed E-state index contributed by atoms with van der Waals surface area (Å²) in [6.07, 6.45) is 6.51. The Morgan fingerprint density at radius 1 is 1.40 bits per heavy atom. The maximum Gasteiger partial charge on any atom is 0.0108 e. The maximum absolute atomic E-state index is 6.29. The Hall–Kier alpha value is -0.340. The van der Waals surface area contributed by atoms with Crippen molar-refractivity contribution in [2.75, 3.05) is 0 Å². The molecule has 0 amide bonds. The van der Waals surface area contributed by atoms with Crippen LogP contribution in [0, 0.1) is 11.8 Å². The largest absolute Gasteiger partial charge is 0.327 e. The first-order valence-corrected chi connectivity index (χ1v) is 6.96. The fraction of sp³-hybridized carbons (Fsp3) is 0.692. The SMILES string of the molecule is CC1CCC(C(N)Cc2ccsc2)CC1. The van der Waals surface area contributed by atoms with Gasteiger partial charge < -0.3 is 5.73 Å². The van der Waals surface area contributed by atoms with E-state index in [0.717, 1.165) is 18.3 Å². The van der Waals surface area contributed by atoms with Crippen molar-refractivity contribution in [1.29, 1.82) is 0 Å². The summed E-state index contributed by atoms with van der Waals surface area (Å²) >= 11 is 1.77. The van der Waals surface area contributed by atoms with Gasteiger partial charge in [0, 0.05) is 6.04 Å². The molecule has 1 aliphatic rings. The van der Waals surface area contributed by atoms with Crippen molar-refractivity contribution in [3.8, 4) is 0 Å². The third kappa shape index (κ3) is 3.05. The van der Waals surface area contributed by atoms with E-state index in [4.69, 9.17) is 5.73 Å². The van der Waals surface area contributed by atoms with Gasteiger partial charge in [-0.3, -0.25) is 0 Å². The van der Waals surface area contributed by atoms with Gasteiger partial charge in [-0.2, -0.15) is 11.3 Å². The van der Waals surface area contributed by atoms with Crippen LogP contribution in [0.25, 0.3) is 0 Å². The van der Waals surface area contributed by atoms with Crippen LogP contribution in [0.2, 0.25) is 0 Å². The lowest BCUT2D eigenvalue weighted by molar-refractivity contribution is 0.253. The molecule has 0 aromatic carbocycles. The molecule has 1 saturated carbocycles. The highest BCUT2D eigenvalue weighted by Gasteiger charge is 2.23. The summed E-state index contributed by atoms with van der Waals surface area (Å²) in [5, 5.41) is 4.37. The summed E-state index contributed by atoms with van der Waals surface area (Å²) in [7, 11) is 0. The van der Waals surface area contributed by atoms with Gasteiger partial charge in [-0.25, -0.2) is 0 Å². The molecule has 0 spiro atoms. The monoisotopic (exact) mass is 223 g/mol. The molecule has 0 saturated heterocycles. The van der Waals surface area contributed by atoms with Gasteiger partial charge in [-0.15, -0.1) is 0 Å². The molecule has 84 valence electrons. The normalized spacial score (nSPS) is 28.9. The molecule has 2 N–H and O–H groups in total. The molecule has 1 atom stereocenters. The van der Waals surface area contributed by atoms with Crippen molar-refractivity contribution in [3.05, 3.63) is 22.4 Å². The van der Waals surface area contributed by atoms with Gasteiger partial charge in [0.25, 0.3) is 0 Å². The second kappa shape index (κ2) is 5.13. The topological polar surface area (TPSA) is 26.0 Å². The van der Waals surface area contributed by atoms with Gasteiger partial charge in [0.2, 0.25) is 0 Å². The Morgan fingerprint density at radius 2 is 2.13 bits per heavy atom. The van der Waals surface area contributed by atoms with Gasteiger partial charge >= 0.3 is 0 Å². The molecule has 1 nitrogen and oxygen atoms in total. The van der Waals surface area contributed by atoms with Crippen LogP contribution in [0.5, 0.6) is 0 Å². The highest BCUT2D eigenvalue weighted by Crippen LogP contribution is 2.30. The van der Waals surface area contributed by atoms with Gasteiger partial charge in [0.15, 0.2) is 0 Å². The zero-order valence-electron chi connectivity index (χ0n) is 9.49. The zero-order chi connectivity index (χ0) is 10.7. The molecule has 1 fully saturated rings. The summed E-state index contributed by atoms with van der Waals surface area (Å²) in [6.45, 7) is 2.36. The van der Waals surface area contributed by atoms with E-state index in [0.29, 0.717) is 6.04 Å². The first-order valence-electron chi connectivity index (χ1n) is 6.02. The molecule has 2 rings (SSSR count). The second-order valence-corrected chi connectivity index (χ2v) is 5.80. The molecule has 1 unspecified atom stereocenters. The van der Waals surface area contributed by atoms with Crippen LogP contribution >= 0.6 is 11.3 Å². The average molecular weight is 223 g/mol. The van der Waals surface area contributed by atoms with E-state index in [1.54, 1.807) is 11.3 Å². The van der Waals surface area contributed by atoms with Crippen molar-refractivity contribution < 1.29 is 0 Å². The van der Waals surface area contributed by atoms with Crippen molar-refractivity contribution in [2.24, 2.45) is 17.6 Å². The van der Waals surface area contributed by atoms with Crippen LogP contribution in [0.4, 0.5) is 0 Å². The Labute approximate surface area is 96.7 Å². The molecular weight excluding hydrogens is 202 g/mol. The predicted molar refractivity (Wildman–Crippen MR) is 67.1 cm³/mol. The Balaban J connectivity index is 1.83. The molecule has 1 aromatic heterocycles. The minimum atomic E-state index is 0.382. The van der Waals surface area contributed by atoms with Crippen LogP contribution in [-0.4, -0.2) is 6.04 Å². The van der Waals surface area contributed by atoms with Crippen molar-refractivity contribution in [2.45, 2.75) is 45.1 Å². The maximum atomic E-state index is 6.29. The van der Waals surface area contributed by atoms with Crippen LogP contribution in [0.1, 0.15) is 38.2 Å². The second-order valence-electron chi connectivity index (χ2n) is 5.02. The van der Waals surface area contributed by atoms with E-state index in [1.165, 1.54) is 31.2 Å². The van der Waals surface area contributed by atoms with Crippen LogP contribution < -0.4 is 5.73 Å². The van der Waals surface area contributed by atoms with E-state index in [9.17, 15) is 0 Å². The van der Waals surface area contributed by atoms with Gasteiger partial charge in [-0.05, 0) is 53.5 Å². The van der Waals surface area contributed by atoms with Crippen LogP contribution in [0.3, 0.4) is 0 Å². The quantitative estimate of drug-likeness (QED) is 0.834. The molecule has 2 heteroatoms. The number of nitrogens with two attached hydrogens (primary N) is 1. The first kappa shape index (κ1) is 11.2. The smallest absolute Gasteiger partial charge is 0.0108 e. The van der Waals surface area contributed by atoms with E-state index in [1.807, 2.05) is 0 Å². The van der Waals surface area contributed by atoms with E-state index >= 15 is 0 Å². The third-order valence-electron chi connectivity index (χ3n) is 3.72. The lowest BCUT2D eigenvalue weighted by atomic mass is 9.78. The molecule has 0 aliphatic heterocycles. The minimum Gasteiger partial charge on any atom is -0.327 e. The fourth-order valence-electron chi connectivity index (χ4n) is 2.56. The summed E-state index contributed by atoms with van der Waals surface area (Å²) in [4.78, 5) is 0. The molecule has 1 heterocycles. The van der Waals surface area contributed by atoms with E-state index in [2.05, 4.69) is 23.8 Å². The van der Waals surface area contributed by atoms with E-state index < -0.39 is 0 Å². The molecule has 15 heavy (non-hydrogen) atoms.